The number of pyridine rings is 1. The molecule has 1 N–H and O–H groups in total. The molecule has 0 bridgehead atoms. The maximum atomic E-state index is 10.7. The molecular weight excluding hydrogens is 192 g/mol. The molecule has 0 saturated heterocycles. The first-order chi connectivity index (χ1) is 7.08. The van der Waals surface area contributed by atoms with Gasteiger partial charge in [0.2, 0.25) is 0 Å². The summed E-state index contributed by atoms with van der Waals surface area (Å²) < 4.78 is 1.85. The minimum Gasteiger partial charge on any atom is -0.481 e. The molecular formula is C11H12N2O2. The SMILES string of the molecule is Cc1cnc2c(c1)c(CC(=O)O)cn2C. The molecule has 0 aromatic carbocycles. The lowest BCUT2D eigenvalue weighted by Crippen LogP contribution is -1.99. The van der Waals surface area contributed by atoms with Crippen molar-refractivity contribution in [2.24, 2.45) is 7.05 Å². The van der Waals surface area contributed by atoms with Crippen molar-refractivity contribution in [3.05, 3.63) is 29.6 Å². The third kappa shape index (κ3) is 1.70. The Labute approximate surface area is 87.2 Å². The quantitative estimate of drug-likeness (QED) is 0.806. The molecule has 0 amide bonds. The lowest BCUT2D eigenvalue weighted by molar-refractivity contribution is -0.136. The van der Waals surface area contributed by atoms with Crippen molar-refractivity contribution in [2.45, 2.75) is 13.3 Å². The third-order valence-corrected chi connectivity index (χ3v) is 2.37. The van der Waals surface area contributed by atoms with E-state index in [4.69, 9.17) is 5.11 Å². The van der Waals surface area contributed by atoms with Gasteiger partial charge in [0, 0.05) is 24.8 Å². The molecule has 0 fully saturated rings. The van der Waals surface area contributed by atoms with Crippen molar-refractivity contribution in [3.63, 3.8) is 0 Å². The summed E-state index contributed by atoms with van der Waals surface area (Å²) in [6.07, 6.45) is 3.65. The van der Waals surface area contributed by atoms with Gasteiger partial charge in [-0.15, -0.1) is 0 Å². The van der Waals surface area contributed by atoms with Crippen molar-refractivity contribution in [2.75, 3.05) is 0 Å². The van der Waals surface area contributed by atoms with Gasteiger partial charge in [0.1, 0.15) is 5.65 Å². The van der Waals surface area contributed by atoms with Crippen molar-refractivity contribution < 1.29 is 9.90 Å². The fourth-order valence-corrected chi connectivity index (χ4v) is 1.75. The lowest BCUT2D eigenvalue weighted by atomic mass is 10.1. The van der Waals surface area contributed by atoms with E-state index in [1.807, 2.05) is 30.8 Å². The first-order valence-corrected chi connectivity index (χ1v) is 4.70. The zero-order chi connectivity index (χ0) is 11.0. The Morgan fingerprint density at radius 2 is 2.33 bits per heavy atom. The van der Waals surface area contributed by atoms with Crippen LogP contribution in [0.2, 0.25) is 0 Å². The van der Waals surface area contributed by atoms with Gasteiger partial charge in [-0.25, -0.2) is 4.98 Å². The van der Waals surface area contributed by atoms with E-state index in [0.717, 1.165) is 22.2 Å². The third-order valence-electron chi connectivity index (χ3n) is 2.37. The Morgan fingerprint density at radius 3 is 3.00 bits per heavy atom. The highest BCUT2D eigenvalue weighted by atomic mass is 16.4. The molecule has 0 atom stereocenters. The Morgan fingerprint density at radius 1 is 1.60 bits per heavy atom. The fraction of sp³-hybridized carbons (Fsp3) is 0.273. The zero-order valence-corrected chi connectivity index (χ0v) is 8.69. The number of aromatic nitrogens is 2. The standard InChI is InChI=1S/C11H12N2O2/c1-7-3-9-8(4-10(14)15)6-13(2)11(9)12-5-7/h3,5-6H,4H2,1-2H3,(H,14,15). The van der Waals surface area contributed by atoms with Crippen LogP contribution < -0.4 is 0 Å². The summed E-state index contributed by atoms with van der Waals surface area (Å²) in [4.78, 5) is 15.0. The molecule has 0 aliphatic carbocycles. The summed E-state index contributed by atoms with van der Waals surface area (Å²) in [5, 5.41) is 9.71. The van der Waals surface area contributed by atoms with Crippen LogP contribution in [0.25, 0.3) is 11.0 Å². The molecule has 0 aliphatic heterocycles. The van der Waals surface area contributed by atoms with E-state index < -0.39 is 5.97 Å². The number of nitrogens with zero attached hydrogens (tertiary/aromatic N) is 2. The molecule has 0 aliphatic rings. The van der Waals surface area contributed by atoms with Crippen molar-refractivity contribution in [1.29, 1.82) is 0 Å². The number of carbonyl (C=O) groups is 1. The number of fused-ring (bicyclic) bond motifs is 1. The number of hydrogen-bond acceptors (Lipinski definition) is 2. The van der Waals surface area contributed by atoms with Crippen molar-refractivity contribution >= 4 is 17.0 Å². The number of aliphatic carboxylic acids is 1. The molecule has 2 aromatic heterocycles. The van der Waals surface area contributed by atoms with Crippen LogP contribution in [0.1, 0.15) is 11.1 Å². The van der Waals surface area contributed by atoms with Crippen LogP contribution >= 0.6 is 0 Å². The largest absolute Gasteiger partial charge is 0.481 e. The van der Waals surface area contributed by atoms with Crippen LogP contribution in [-0.4, -0.2) is 20.6 Å². The highest BCUT2D eigenvalue weighted by molar-refractivity contribution is 5.85. The lowest BCUT2D eigenvalue weighted by Gasteiger charge is -1.96. The number of hydrogen-bond donors (Lipinski definition) is 1. The fourth-order valence-electron chi connectivity index (χ4n) is 1.75. The Balaban J connectivity index is 2.64. The van der Waals surface area contributed by atoms with Gasteiger partial charge in [0.05, 0.1) is 6.42 Å². The van der Waals surface area contributed by atoms with Gasteiger partial charge >= 0.3 is 5.97 Å². The van der Waals surface area contributed by atoms with Crippen molar-refractivity contribution in [3.8, 4) is 0 Å². The molecule has 2 aromatic rings. The predicted molar refractivity (Wildman–Crippen MR) is 56.8 cm³/mol. The molecule has 78 valence electrons. The number of carboxylic acid groups (broad SMARTS) is 1. The minimum atomic E-state index is -0.816. The number of rotatable bonds is 2. The second kappa shape index (κ2) is 3.38. The van der Waals surface area contributed by atoms with E-state index in [0.29, 0.717) is 0 Å². The van der Waals surface area contributed by atoms with Gasteiger partial charge in [-0.2, -0.15) is 0 Å². The first-order valence-electron chi connectivity index (χ1n) is 4.70. The first kappa shape index (κ1) is 9.71. The van der Waals surface area contributed by atoms with E-state index in [2.05, 4.69) is 4.98 Å². The van der Waals surface area contributed by atoms with Crippen LogP contribution in [0.15, 0.2) is 18.5 Å². The maximum absolute atomic E-state index is 10.7. The highest BCUT2D eigenvalue weighted by Gasteiger charge is 2.10. The normalized spacial score (nSPS) is 10.8. The molecule has 0 unspecified atom stereocenters. The summed E-state index contributed by atoms with van der Waals surface area (Å²) in [5.74, 6) is -0.816. The maximum Gasteiger partial charge on any atom is 0.307 e. The second-order valence-corrected chi connectivity index (χ2v) is 3.72. The van der Waals surface area contributed by atoms with Gasteiger partial charge < -0.3 is 9.67 Å². The molecule has 4 heteroatoms. The molecule has 2 rings (SSSR count). The van der Waals surface area contributed by atoms with E-state index in [9.17, 15) is 4.79 Å². The van der Waals surface area contributed by atoms with Gasteiger partial charge in [-0.05, 0) is 24.1 Å². The molecule has 4 nitrogen and oxygen atoms in total. The molecule has 0 radical (unpaired) electrons. The van der Waals surface area contributed by atoms with Gasteiger partial charge in [-0.1, -0.05) is 0 Å². The monoisotopic (exact) mass is 204 g/mol. The number of carboxylic acids is 1. The summed E-state index contributed by atoms with van der Waals surface area (Å²) in [5.41, 5.74) is 2.69. The average Bonchev–Trinajstić information content (AvgIpc) is 2.42. The van der Waals surface area contributed by atoms with E-state index >= 15 is 0 Å². The summed E-state index contributed by atoms with van der Waals surface area (Å²) in [6.45, 7) is 1.95. The number of aryl methyl sites for hydroxylation is 2. The van der Waals surface area contributed by atoms with E-state index in [-0.39, 0.29) is 6.42 Å². The Kier molecular flexibility index (Phi) is 2.19. The van der Waals surface area contributed by atoms with Gasteiger partial charge in [-0.3, -0.25) is 4.79 Å². The average molecular weight is 204 g/mol. The second-order valence-electron chi connectivity index (χ2n) is 3.72. The Bertz CT molecular complexity index is 529. The van der Waals surface area contributed by atoms with Crippen LogP contribution in [-0.2, 0) is 18.3 Å². The molecule has 15 heavy (non-hydrogen) atoms. The minimum absolute atomic E-state index is 0.0441. The highest BCUT2D eigenvalue weighted by Crippen LogP contribution is 2.20. The van der Waals surface area contributed by atoms with Gasteiger partial charge in [0.25, 0.3) is 0 Å². The Hall–Kier alpha value is -1.84. The van der Waals surface area contributed by atoms with E-state index in [1.54, 1.807) is 6.20 Å². The summed E-state index contributed by atoms with van der Waals surface area (Å²) in [6, 6.07) is 1.97. The molecule has 2 heterocycles. The predicted octanol–water partition coefficient (Wildman–Crippen LogP) is 1.51. The van der Waals surface area contributed by atoms with Gasteiger partial charge in [0.15, 0.2) is 0 Å². The van der Waals surface area contributed by atoms with Crippen LogP contribution in [0.4, 0.5) is 0 Å². The zero-order valence-electron chi connectivity index (χ0n) is 8.69. The van der Waals surface area contributed by atoms with Crippen LogP contribution in [0, 0.1) is 6.92 Å². The van der Waals surface area contributed by atoms with Crippen LogP contribution in [0.3, 0.4) is 0 Å². The molecule has 0 spiro atoms. The summed E-state index contributed by atoms with van der Waals surface area (Å²) in [7, 11) is 1.87. The van der Waals surface area contributed by atoms with Crippen LogP contribution in [0.5, 0.6) is 0 Å². The topological polar surface area (TPSA) is 55.1 Å². The smallest absolute Gasteiger partial charge is 0.307 e. The summed E-state index contributed by atoms with van der Waals surface area (Å²) >= 11 is 0. The van der Waals surface area contributed by atoms with E-state index in [1.165, 1.54) is 0 Å². The molecule has 0 saturated carbocycles. The van der Waals surface area contributed by atoms with Crippen molar-refractivity contribution in [1.82, 2.24) is 9.55 Å².